The second-order valence-electron chi connectivity index (χ2n) is 2.55. The van der Waals surface area contributed by atoms with Gasteiger partial charge in [0.15, 0.2) is 0 Å². The molecule has 0 radical (unpaired) electrons. The van der Waals surface area contributed by atoms with E-state index in [1.165, 1.54) is 0 Å². The van der Waals surface area contributed by atoms with Crippen LogP contribution >= 0.6 is 0 Å². The van der Waals surface area contributed by atoms with Gasteiger partial charge in [-0.05, 0) is 12.3 Å². The van der Waals surface area contributed by atoms with Crippen molar-refractivity contribution in [2.45, 2.75) is 25.9 Å². The van der Waals surface area contributed by atoms with E-state index in [0.29, 0.717) is 5.92 Å². The van der Waals surface area contributed by atoms with Crippen LogP contribution in [0.1, 0.15) is 19.8 Å². The molecule has 9 heavy (non-hydrogen) atoms. The predicted octanol–water partition coefficient (Wildman–Crippen LogP) is 0.794. The maximum atomic E-state index is 8.74. The van der Waals surface area contributed by atoms with Gasteiger partial charge in [0.25, 0.3) is 0 Å². The third-order valence-electron chi connectivity index (χ3n) is 2.05. The molecule has 1 rings (SSSR count). The standard InChI is InChI=1S/C7H14O2/c1-2-6-3-4-9-7(6)5-8/h6-8H,2-5H2,1H3/t6-,7+/m1/s1. The molecular weight excluding hydrogens is 116 g/mol. The molecule has 1 N–H and O–H groups in total. The molecule has 54 valence electrons. The highest BCUT2D eigenvalue weighted by Gasteiger charge is 2.25. The summed E-state index contributed by atoms with van der Waals surface area (Å²) in [5.41, 5.74) is 0. The zero-order chi connectivity index (χ0) is 6.69. The van der Waals surface area contributed by atoms with E-state index in [-0.39, 0.29) is 12.7 Å². The third kappa shape index (κ3) is 1.43. The van der Waals surface area contributed by atoms with Crippen molar-refractivity contribution in [2.24, 2.45) is 5.92 Å². The SMILES string of the molecule is CC[C@@H]1CCO[C@H]1CO. The Morgan fingerprint density at radius 3 is 2.89 bits per heavy atom. The van der Waals surface area contributed by atoms with Crippen LogP contribution in [0.25, 0.3) is 0 Å². The summed E-state index contributed by atoms with van der Waals surface area (Å²) in [6.07, 6.45) is 2.39. The molecule has 0 aromatic heterocycles. The van der Waals surface area contributed by atoms with Gasteiger partial charge in [0, 0.05) is 6.61 Å². The van der Waals surface area contributed by atoms with Crippen LogP contribution in [-0.2, 0) is 4.74 Å². The molecule has 1 fully saturated rings. The summed E-state index contributed by atoms with van der Waals surface area (Å²) in [4.78, 5) is 0. The van der Waals surface area contributed by atoms with Crippen LogP contribution in [0.5, 0.6) is 0 Å². The summed E-state index contributed by atoms with van der Waals surface area (Å²) in [6.45, 7) is 3.17. The highest BCUT2D eigenvalue weighted by Crippen LogP contribution is 2.22. The van der Waals surface area contributed by atoms with Crippen LogP contribution in [0.2, 0.25) is 0 Å². The lowest BCUT2D eigenvalue weighted by atomic mass is 9.99. The molecule has 2 heteroatoms. The molecule has 1 aliphatic heterocycles. The Kier molecular flexibility index (Phi) is 2.49. The Morgan fingerprint density at radius 2 is 2.44 bits per heavy atom. The molecule has 0 saturated carbocycles. The first-order chi connectivity index (χ1) is 4.38. The summed E-state index contributed by atoms with van der Waals surface area (Å²) >= 11 is 0. The smallest absolute Gasteiger partial charge is 0.0834 e. The Balaban J connectivity index is 2.32. The first-order valence-corrected chi connectivity index (χ1v) is 3.61. The highest BCUT2D eigenvalue weighted by atomic mass is 16.5. The van der Waals surface area contributed by atoms with E-state index in [2.05, 4.69) is 6.92 Å². The summed E-state index contributed by atoms with van der Waals surface area (Å²) in [5, 5.41) is 8.74. The van der Waals surface area contributed by atoms with Crippen molar-refractivity contribution in [3.63, 3.8) is 0 Å². The number of hydrogen-bond acceptors (Lipinski definition) is 2. The van der Waals surface area contributed by atoms with Crippen LogP contribution in [0.3, 0.4) is 0 Å². The lowest BCUT2D eigenvalue weighted by Crippen LogP contribution is -2.19. The minimum atomic E-state index is 0.134. The van der Waals surface area contributed by atoms with Crippen molar-refractivity contribution in [1.82, 2.24) is 0 Å². The number of ether oxygens (including phenoxy) is 1. The Hall–Kier alpha value is -0.0800. The Labute approximate surface area is 55.8 Å². The van der Waals surface area contributed by atoms with Crippen LogP contribution in [-0.4, -0.2) is 24.4 Å². The molecule has 0 spiro atoms. The largest absolute Gasteiger partial charge is 0.394 e. The average molecular weight is 130 g/mol. The fraction of sp³-hybridized carbons (Fsp3) is 1.00. The molecule has 2 nitrogen and oxygen atoms in total. The zero-order valence-electron chi connectivity index (χ0n) is 5.84. The fourth-order valence-electron chi connectivity index (χ4n) is 1.36. The predicted molar refractivity (Wildman–Crippen MR) is 35.2 cm³/mol. The van der Waals surface area contributed by atoms with E-state index in [1.807, 2.05) is 0 Å². The van der Waals surface area contributed by atoms with Gasteiger partial charge in [0.2, 0.25) is 0 Å². The molecule has 1 saturated heterocycles. The molecule has 2 atom stereocenters. The van der Waals surface area contributed by atoms with Crippen molar-refractivity contribution < 1.29 is 9.84 Å². The molecule has 0 aromatic rings. The topological polar surface area (TPSA) is 29.5 Å². The maximum Gasteiger partial charge on any atom is 0.0834 e. The van der Waals surface area contributed by atoms with Crippen LogP contribution in [0.15, 0.2) is 0 Å². The second-order valence-corrected chi connectivity index (χ2v) is 2.55. The average Bonchev–Trinajstić information content (AvgIpc) is 2.33. The van der Waals surface area contributed by atoms with E-state index in [0.717, 1.165) is 19.4 Å². The highest BCUT2D eigenvalue weighted by molar-refractivity contribution is 4.73. The Bertz CT molecular complexity index is 73.0. The molecule has 0 unspecified atom stereocenters. The van der Waals surface area contributed by atoms with Crippen LogP contribution < -0.4 is 0 Å². The lowest BCUT2D eigenvalue weighted by Gasteiger charge is -2.12. The fourth-order valence-corrected chi connectivity index (χ4v) is 1.36. The quantitative estimate of drug-likeness (QED) is 0.599. The van der Waals surface area contributed by atoms with Crippen LogP contribution in [0, 0.1) is 5.92 Å². The van der Waals surface area contributed by atoms with Gasteiger partial charge >= 0.3 is 0 Å². The number of aliphatic hydroxyl groups is 1. The van der Waals surface area contributed by atoms with E-state index in [9.17, 15) is 0 Å². The van der Waals surface area contributed by atoms with E-state index < -0.39 is 0 Å². The third-order valence-corrected chi connectivity index (χ3v) is 2.05. The lowest BCUT2D eigenvalue weighted by molar-refractivity contribution is 0.0391. The molecule has 0 aliphatic carbocycles. The summed E-state index contributed by atoms with van der Waals surface area (Å²) in [5.74, 6) is 0.606. The van der Waals surface area contributed by atoms with Gasteiger partial charge in [0.1, 0.15) is 0 Å². The maximum absolute atomic E-state index is 8.74. The van der Waals surface area contributed by atoms with E-state index in [1.54, 1.807) is 0 Å². The summed E-state index contributed by atoms with van der Waals surface area (Å²) in [7, 11) is 0. The molecule has 0 amide bonds. The minimum Gasteiger partial charge on any atom is -0.394 e. The van der Waals surface area contributed by atoms with E-state index in [4.69, 9.17) is 9.84 Å². The van der Waals surface area contributed by atoms with Crippen molar-refractivity contribution in [3.8, 4) is 0 Å². The first-order valence-electron chi connectivity index (χ1n) is 3.61. The number of hydrogen-bond donors (Lipinski definition) is 1. The minimum absolute atomic E-state index is 0.134. The zero-order valence-corrected chi connectivity index (χ0v) is 5.84. The van der Waals surface area contributed by atoms with Crippen molar-refractivity contribution >= 4 is 0 Å². The van der Waals surface area contributed by atoms with Crippen LogP contribution in [0.4, 0.5) is 0 Å². The molecular formula is C7H14O2. The molecule has 1 heterocycles. The van der Waals surface area contributed by atoms with Crippen molar-refractivity contribution in [2.75, 3.05) is 13.2 Å². The molecule has 1 aliphatic rings. The number of aliphatic hydroxyl groups excluding tert-OH is 1. The van der Waals surface area contributed by atoms with E-state index >= 15 is 0 Å². The first kappa shape index (κ1) is 7.03. The van der Waals surface area contributed by atoms with Gasteiger partial charge in [-0.25, -0.2) is 0 Å². The van der Waals surface area contributed by atoms with Gasteiger partial charge in [-0.15, -0.1) is 0 Å². The van der Waals surface area contributed by atoms with Gasteiger partial charge in [-0.1, -0.05) is 13.3 Å². The Morgan fingerprint density at radius 1 is 1.67 bits per heavy atom. The summed E-state index contributed by atoms with van der Waals surface area (Å²) in [6, 6.07) is 0. The monoisotopic (exact) mass is 130 g/mol. The van der Waals surface area contributed by atoms with Gasteiger partial charge in [-0.2, -0.15) is 0 Å². The number of rotatable bonds is 2. The molecule has 0 bridgehead atoms. The molecule has 0 aromatic carbocycles. The van der Waals surface area contributed by atoms with Gasteiger partial charge in [-0.3, -0.25) is 0 Å². The second kappa shape index (κ2) is 3.18. The van der Waals surface area contributed by atoms with Gasteiger partial charge in [0.05, 0.1) is 12.7 Å². The van der Waals surface area contributed by atoms with Gasteiger partial charge < -0.3 is 9.84 Å². The van der Waals surface area contributed by atoms with Crippen molar-refractivity contribution in [1.29, 1.82) is 0 Å². The summed E-state index contributed by atoms with van der Waals surface area (Å²) < 4.78 is 5.26. The normalized spacial score (nSPS) is 35.3. The van der Waals surface area contributed by atoms with Crippen molar-refractivity contribution in [3.05, 3.63) is 0 Å².